The Bertz CT molecular complexity index is 134. The summed E-state index contributed by atoms with van der Waals surface area (Å²) in [4.78, 5) is 0. The van der Waals surface area contributed by atoms with Crippen molar-refractivity contribution in [3.63, 3.8) is 0 Å². The van der Waals surface area contributed by atoms with Crippen molar-refractivity contribution in [3.05, 3.63) is 12.2 Å². The van der Waals surface area contributed by atoms with Gasteiger partial charge in [-0.15, -0.1) is 12.4 Å². The van der Waals surface area contributed by atoms with E-state index in [1.54, 1.807) is 0 Å². The fourth-order valence-corrected chi connectivity index (χ4v) is 1.63. The Balaban J connectivity index is 0.00000121. The number of rotatable bonds is 2. The summed E-state index contributed by atoms with van der Waals surface area (Å²) >= 11 is 0. The topological polar surface area (TPSA) is 12.0 Å². The molecule has 0 aromatic heterocycles. The maximum absolute atomic E-state index is 3.56. The Morgan fingerprint density at radius 2 is 2.17 bits per heavy atom. The molecule has 0 bridgehead atoms. The van der Waals surface area contributed by atoms with Gasteiger partial charge in [-0.25, -0.2) is 0 Å². The molecule has 1 rings (SSSR count). The van der Waals surface area contributed by atoms with Crippen molar-refractivity contribution >= 4 is 12.4 Å². The molecule has 1 nitrogen and oxygen atoms in total. The lowest BCUT2D eigenvalue weighted by Gasteiger charge is -2.26. The van der Waals surface area contributed by atoms with E-state index in [1.807, 2.05) is 0 Å². The van der Waals surface area contributed by atoms with Crippen LogP contribution in [0.1, 0.15) is 39.5 Å². The number of nitrogens with one attached hydrogen (secondary N) is 1. The van der Waals surface area contributed by atoms with Gasteiger partial charge >= 0.3 is 0 Å². The molecule has 12 heavy (non-hydrogen) atoms. The molecule has 0 spiro atoms. The molecule has 1 aliphatic heterocycles. The van der Waals surface area contributed by atoms with Crippen LogP contribution in [-0.4, -0.2) is 12.1 Å². The minimum absolute atomic E-state index is 0. The number of allylic oxidation sites excluding steroid dienone is 1. The third kappa shape index (κ3) is 4.13. The Labute approximate surface area is 82.0 Å². The molecule has 1 fully saturated rings. The first-order valence-corrected chi connectivity index (χ1v) is 4.75. The van der Waals surface area contributed by atoms with E-state index in [9.17, 15) is 0 Å². The van der Waals surface area contributed by atoms with Gasteiger partial charge in [-0.05, 0) is 26.2 Å². The summed E-state index contributed by atoms with van der Waals surface area (Å²) in [5, 5.41) is 3.56. The van der Waals surface area contributed by atoms with Gasteiger partial charge in [-0.3, -0.25) is 0 Å². The van der Waals surface area contributed by atoms with E-state index in [0.29, 0.717) is 6.04 Å². The van der Waals surface area contributed by atoms with E-state index in [4.69, 9.17) is 0 Å². The van der Waals surface area contributed by atoms with Gasteiger partial charge in [0, 0.05) is 12.1 Å². The van der Waals surface area contributed by atoms with Crippen LogP contribution in [0, 0.1) is 0 Å². The zero-order chi connectivity index (χ0) is 8.10. The standard InChI is InChI=1S/C10H19N.ClH/c1-3-4-7-10-8-5-6-9(2)11-10;/h4,7,9-11H,3,5-6,8H2,1-2H3;1H/b7-4+;/t9-,10-;/m1./s1. The molecular weight excluding hydrogens is 170 g/mol. The van der Waals surface area contributed by atoms with Crippen molar-refractivity contribution in [1.82, 2.24) is 5.32 Å². The lowest BCUT2D eigenvalue weighted by atomic mass is 9.99. The second kappa shape index (κ2) is 6.50. The van der Waals surface area contributed by atoms with Crippen LogP contribution in [0.4, 0.5) is 0 Å². The van der Waals surface area contributed by atoms with Gasteiger partial charge in [0.1, 0.15) is 0 Å². The van der Waals surface area contributed by atoms with Crippen LogP contribution in [-0.2, 0) is 0 Å². The molecule has 0 saturated carbocycles. The smallest absolute Gasteiger partial charge is 0.0252 e. The first-order valence-electron chi connectivity index (χ1n) is 4.75. The van der Waals surface area contributed by atoms with Crippen LogP contribution in [0.2, 0.25) is 0 Å². The summed E-state index contributed by atoms with van der Waals surface area (Å²) < 4.78 is 0. The lowest BCUT2D eigenvalue weighted by Crippen LogP contribution is -2.39. The van der Waals surface area contributed by atoms with E-state index >= 15 is 0 Å². The molecule has 0 aromatic rings. The monoisotopic (exact) mass is 189 g/mol. The molecule has 0 unspecified atom stereocenters. The van der Waals surface area contributed by atoms with Crippen molar-refractivity contribution in [2.75, 3.05) is 0 Å². The predicted molar refractivity (Wildman–Crippen MR) is 56.9 cm³/mol. The largest absolute Gasteiger partial charge is 0.308 e. The van der Waals surface area contributed by atoms with Gasteiger partial charge in [0.05, 0.1) is 0 Å². The molecule has 1 saturated heterocycles. The van der Waals surface area contributed by atoms with Crippen molar-refractivity contribution in [2.24, 2.45) is 0 Å². The molecular formula is C10H20ClN. The Hall–Kier alpha value is -0.0100. The highest BCUT2D eigenvalue weighted by Gasteiger charge is 2.14. The van der Waals surface area contributed by atoms with Crippen molar-refractivity contribution in [1.29, 1.82) is 0 Å². The quantitative estimate of drug-likeness (QED) is 0.659. The molecule has 1 N–H and O–H groups in total. The average molecular weight is 190 g/mol. The van der Waals surface area contributed by atoms with Gasteiger partial charge < -0.3 is 5.32 Å². The zero-order valence-corrected chi connectivity index (χ0v) is 8.86. The summed E-state index contributed by atoms with van der Waals surface area (Å²) in [6.07, 6.45) is 9.78. The number of halogens is 1. The first kappa shape index (κ1) is 12.0. The number of hydrogen-bond donors (Lipinski definition) is 1. The Kier molecular flexibility index (Phi) is 6.49. The summed E-state index contributed by atoms with van der Waals surface area (Å²) in [6.45, 7) is 4.45. The molecule has 72 valence electrons. The van der Waals surface area contributed by atoms with Crippen LogP contribution in [0.3, 0.4) is 0 Å². The molecule has 0 aromatic carbocycles. The van der Waals surface area contributed by atoms with Crippen LogP contribution >= 0.6 is 12.4 Å². The highest BCUT2D eigenvalue weighted by molar-refractivity contribution is 5.85. The minimum Gasteiger partial charge on any atom is -0.308 e. The van der Waals surface area contributed by atoms with Gasteiger partial charge in [-0.2, -0.15) is 0 Å². The molecule has 1 aliphatic rings. The molecule has 0 amide bonds. The van der Waals surface area contributed by atoms with Crippen LogP contribution in [0.25, 0.3) is 0 Å². The highest BCUT2D eigenvalue weighted by Crippen LogP contribution is 2.12. The van der Waals surface area contributed by atoms with E-state index in [1.165, 1.54) is 19.3 Å². The summed E-state index contributed by atoms with van der Waals surface area (Å²) in [6, 6.07) is 1.37. The Morgan fingerprint density at radius 1 is 1.42 bits per heavy atom. The van der Waals surface area contributed by atoms with Crippen molar-refractivity contribution < 1.29 is 0 Å². The lowest BCUT2D eigenvalue weighted by molar-refractivity contribution is 0.374. The van der Waals surface area contributed by atoms with E-state index < -0.39 is 0 Å². The minimum atomic E-state index is 0. The highest BCUT2D eigenvalue weighted by atomic mass is 35.5. The van der Waals surface area contributed by atoms with Gasteiger partial charge in [-0.1, -0.05) is 25.5 Å². The van der Waals surface area contributed by atoms with E-state index in [2.05, 4.69) is 31.3 Å². The molecule has 1 heterocycles. The molecule has 0 radical (unpaired) electrons. The number of hydrogen-bond acceptors (Lipinski definition) is 1. The maximum atomic E-state index is 3.56. The van der Waals surface area contributed by atoms with E-state index in [-0.39, 0.29) is 12.4 Å². The molecule has 2 heteroatoms. The number of piperidine rings is 1. The summed E-state index contributed by atoms with van der Waals surface area (Å²) in [5.41, 5.74) is 0. The summed E-state index contributed by atoms with van der Waals surface area (Å²) in [5.74, 6) is 0. The van der Waals surface area contributed by atoms with Gasteiger partial charge in [0.2, 0.25) is 0 Å². The first-order chi connectivity index (χ1) is 5.33. The SMILES string of the molecule is CC/C=C/[C@@H]1CCC[C@@H](C)N1.Cl. The second-order valence-electron chi connectivity index (χ2n) is 3.44. The second-order valence-corrected chi connectivity index (χ2v) is 3.44. The maximum Gasteiger partial charge on any atom is 0.0252 e. The van der Waals surface area contributed by atoms with Crippen LogP contribution < -0.4 is 5.32 Å². The zero-order valence-electron chi connectivity index (χ0n) is 8.05. The predicted octanol–water partition coefficient (Wildman–Crippen LogP) is 2.91. The average Bonchev–Trinajstić information content (AvgIpc) is 2.01. The molecule has 0 aliphatic carbocycles. The van der Waals surface area contributed by atoms with Gasteiger partial charge in [0.25, 0.3) is 0 Å². The normalized spacial score (nSPS) is 30.2. The van der Waals surface area contributed by atoms with Crippen molar-refractivity contribution in [2.45, 2.75) is 51.6 Å². The molecule has 2 atom stereocenters. The fourth-order valence-electron chi connectivity index (χ4n) is 1.63. The Morgan fingerprint density at radius 3 is 2.75 bits per heavy atom. The van der Waals surface area contributed by atoms with Crippen LogP contribution in [0.15, 0.2) is 12.2 Å². The third-order valence-corrected chi connectivity index (χ3v) is 2.25. The van der Waals surface area contributed by atoms with Crippen molar-refractivity contribution in [3.8, 4) is 0 Å². The third-order valence-electron chi connectivity index (χ3n) is 2.25. The fraction of sp³-hybridized carbons (Fsp3) is 0.800. The van der Waals surface area contributed by atoms with E-state index in [0.717, 1.165) is 12.5 Å². The van der Waals surface area contributed by atoms with Gasteiger partial charge in [0.15, 0.2) is 0 Å². The van der Waals surface area contributed by atoms with Crippen LogP contribution in [0.5, 0.6) is 0 Å². The summed E-state index contributed by atoms with van der Waals surface area (Å²) in [7, 11) is 0.